The van der Waals surface area contributed by atoms with Crippen LogP contribution in [0, 0.1) is 12.7 Å². The van der Waals surface area contributed by atoms with Crippen LogP contribution in [-0.4, -0.2) is 41.7 Å². The molecule has 4 nitrogen and oxygen atoms in total. The molecule has 1 amide bonds. The van der Waals surface area contributed by atoms with E-state index in [0.29, 0.717) is 6.54 Å². The summed E-state index contributed by atoms with van der Waals surface area (Å²) < 4.78 is 13.2. The van der Waals surface area contributed by atoms with Gasteiger partial charge in [0.05, 0.1) is 12.6 Å². The van der Waals surface area contributed by atoms with Gasteiger partial charge in [-0.2, -0.15) is 0 Å². The van der Waals surface area contributed by atoms with E-state index in [9.17, 15) is 9.18 Å². The van der Waals surface area contributed by atoms with E-state index in [-0.39, 0.29) is 24.2 Å². The standard InChI is InChI=1S/C15H21FN2O2/c1-10-9-11(16)4-5-12(10)13-3-2-6-18(7-8-19)14(13)15(17)20/h4-5,9,13-14,19H,2-3,6-8H2,1H3,(H2,17,20). The van der Waals surface area contributed by atoms with Crippen molar-refractivity contribution in [3.8, 4) is 0 Å². The normalized spacial score (nSPS) is 23.8. The highest BCUT2D eigenvalue weighted by atomic mass is 19.1. The second-order valence-corrected chi connectivity index (χ2v) is 5.36. The molecule has 1 heterocycles. The van der Waals surface area contributed by atoms with Crippen LogP contribution in [0.5, 0.6) is 0 Å². The number of nitrogens with two attached hydrogens (primary N) is 1. The molecule has 0 bridgehead atoms. The van der Waals surface area contributed by atoms with Crippen LogP contribution in [0.4, 0.5) is 4.39 Å². The van der Waals surface area contributed by atoms with Gasteiger partial charge in [0.1, 0.15) is 5.82 Å². The molecule has 0 radical (unpaired) electrons. The first kappa shape index (κ1) is 14.9. The molecule has 2 rings (SSSR count). The molecule has 0 spiro atoms. The zero-order valence-electron chi connectivity index (χ0n) is 11.7. The second-order valence-electron chi connectivity index (χ2n) is 5.36. The maximum absolute atomic E-state index is 13.2. The molecule has 1 aromatic carbocycles. The first-order valence-corrected chi connectivity index (χ1v) is 6.95. The molecule has 20 heavy (non-hydrogen) atoms. The van der Waals surface area contributed by atoms with Crippen LogP contribution in [-0.2, 0) is 4.79 Å². The van der Waals surface area contributed by atoms with Crippen molar-refractivity contribution in [2.24, 2.45) is 5.73 Å². The summed E-state index contributed by atoms with van der Waals surface area (Å²) in [5, 5.41) is 9.12. The fourth-order valence-corrected chi connectivity index (χ4v) is 3.20. The lowest BCUT2D eigenvalue weighted by atomic mass is 9.81. The third kappa shape index (κ3) is 2.99. The van der Waals surface area contributed by atoms with Gasteiger partial charge in [-0.3, -0.25) is 9.69 Å². The van der Waals surface area contributed by atoms with Gasteiger partial charge in [0.15, 0.2) is 0 Å². The van der Waals surface area contributed by atoms with E-state index in [0.717, 1.165) is 30.5 Å². The predicted molar refractivity (Wildman–Crippen MR) is 74.8 cm³/mol. The Bertz CT molecular complexity index is 491. The minimum Gasteiger partial charge on any atom is -0.395 e. The molecule has 110 valence electrons. The quantitative estimate of drug-likeness (QED) is 0.869. The summed E-state index contributed by atoms with van der Waals surface area (Å²) in [6, 6.07) is 4.22. The van der Waals surface area contributed by atoms with Gasteiger partial charge in [0.2, 0.25) is 5.91 Å². The highest BCUT2D eigenvalue weighted by Gasteiger charge is 2.36. The maximum atomic E-state index is 13.2. The SMILES string of the molecule is Cc1cc(F)ccc1C1CCCN(CCO)C1C(N)=O. The van der Waals surface area contributed by atoms with Crippen LogP contribution < -0.4 is 5.73 Å². The molecule has 1 fully saturated rings. The zero-order valence-corrected chi connectivity index (χ0v) is 11.7. The molecular weight excluding hydrogens is 259 g/mol. The summed E-state index contributed by atoms with van der Waals surface area (Å²) in [4.78, 5) is 13.8. The van der Waals surface area contributed by atoms with Gasteiger partial charge in [0, 0.05) is 12.5 Å². The number of carbonyl (C=O) groups excluding carboxylic acids is 1. The Kier molecular flexibility index (Phi) is 4.73. The predicted octanol–water partition coefficient (Wildman–Crippen LogP) is 1.16. The Labute approximate surface area is 118 Å². The maximum Gasteiger partial charge on any atom is 0.235 e. The first-order valence-electron chi connectivity index (χ1n) is 6.95. The van der Waals surface area contributed by atoms with Gasteiger partial charge in [-0.05, 0) is 49.6 Å². The van der Waals surface area contributed by atoms with Gasteiger partial charge in [-0.25, -0.2) is 4.39 Å². The van der Waals surface area contributed by atoms with Crippen molar-refractivity contribution in [1.82, 2.24) is 4.90 Å². The summed E-state index contributed by atoms with van der Waals surface area (Å²) in [5.74, 6) is -0.690. The van der Waals surface area contributed by atoms with Crippen LogP contribution in [0.15, 0.2) is 18.2 Å². The van der Waals surface area contributed by atoms with E-state index >= 15 is 0 Å². The summed E-state index contributed by atoms with van der Waals surface area (Å²) in [7, 11) is 0. The lowest BCUT2D eigenvalue weighted by Gasteiger charge is -2.40. The van der Waals surface area contributed by atoms with Crippen molar-refractivity contribution in [3.63, 3.8) is 0 Å². The number of carbonyl (C=O) groups is 1. The average molecular weight is 280 g/mol. The van der Waals surface area contributed by atoms with Crippen molar-refractivity contribution >= 4 is 5.91 Å². The molecule has 1 aromatic rings. The highest BCUT2D eigenvalue weighted by molar-refractivity contribution is 5.81. The molecule has 1 saturated heterocycles. The number of benzene rings is 1. The molecule has 1 aliphatic heterocycles. The van der Waals surface area contributed by atoms with Gasteiger partial charge in [-0.1, -0.05) is 6.07 Å². The number of halogens is 1. The Balaban J connectivity index is 2.34. The summed E-state index contributed by atoms with van der Waals surface area (Å²) in [6.45, 7) is 3.04. The number of aliphatic hydroxyl groups is 1. The van der Waals surface area contributed by atoms with Crippen LogP contribution >= 0.6 is 0 Å². The molecule has 5 heteroatoms. The lowest BCUT2D eigenvalue weighted by molar-refractivity contribution is -0.125. The molecule has 1 aliphatic rings. The number of hydrogen-bond donors (Lipinski definition) is 2. The molecule has 3 N–H and O–H groups in total. The van der Waals surface area contributed by atoms with Gasteiger partial charge in [-0.15, -0.1) is 0 Å². The average Bonchev–Trinajstić information content (AvgIpc) is 2.38. The number of hydrogen-bond acceptors (Lipinski definition) is 3. The zero-order chi connectivity index (χ0) is 14.7. The first-order chi connectivity index (χ1) is 9.54. The molecule has 2 atom stereocenters. The van der Waals surface area contributed by atoms with E-state index in [1.54, 1.807) is 6.07 Å². The fraction of sp³-hybridized carbons (Fsp3) is 0.533. The number of β-amino-alcohol motifs (C(OH)–C–C–N with tert-alkyl or cyclic N) is 1. The minimum atomic E-state index is -0.430. The van der Waals surface area contributed by atoms with Crippen LogP contribution in [0.1, 0.15) is 29.9 Å². The number of rotatable bonds is 4. The summed E-state index contributed by atoms with van der Waals surface area (Å²) >= 11 is 0. The number of amides is 1. The summed E-state index contributed by atoms with van der Waals surface area (Å²) in [5.41, 5.74) is 7.37. The number of aryl methyl sites for hydroxylation is 1. The molecule has 2 unspecified atom stereocenters. The number of piperidine rings is 1. The minimum absolute atomic E-state index is 0.00109. The third-order valence-electron chi connectivity index (χ3n) is 4.05. The van der Waals surface area contributed by atoms with Gasteiger partial charge < -0.3 is 10.8 Å². The smallest absolute Gasteiger partial charge is 0.235 e. The Morgan fingerprint density at radius 2 is 2.30 bits per heavy atom. The van der Waals surface area contributed by atoms with E-state index < -0.39 is 6.04 Å². The van der Waals surface area contributed by atoms with E-state index in [4.69, 9.17) is 10.8 Å². The van der Waals surface area contributed by atoms with Crippen LogP contribution in [0.3, 0.4) is 0 Å². The number of likely N-dealkylation sites (tertiary alicyclic amines) is 1. The van der Waals surface area contributed by atoms with Crippen LogP contribution in [0.2, 0.25) is 0 Å². The Hall–Kier alpha value is -1.46. The third-order valence-corrected chi connectivity index (χ3v) is 4.05. The van der Waals surface area contributed by atoms with Crippen molar-refractivity contribution in [2.45, 2.75) is 31.7 Å². The molecule has 0 aromatic heterocycles. The topological polar surface area (TPSA) is 66.6 Å². The second kappa shape index (κ2) is 6.33. The van der Waals surface area contributed by atoms with E-state index in [1.807, 2.05) is 11.8 Å². The van der Waals surface area contributed by atoms with Crippen molar-refractivity contribution < 1.29 is 14.3 Å². The van der Waals surface area contributed by atoms with Crippen LogP contribution in [0.25, 0.3) is 0 Å². The molecule has 0 saturated carbocycles. The molecular formula is C15H21FN2O2. The number of aliphatic hydroxyl groups excluding tert-OH is 1. The Morgan fingerprint density at radius 1 is 1.55 bits per heavy atom. The molecule has 0 aliphatic carbocycles. The number of primary amides is 1. The van der Waals surface area contributed by atoms with Gasteiger partial charge >= 0.3 is 0 Å². The largest absolute Gasteiger partial charge is 0.395 e. The van der Waals surface area contributed by atoms with Crippen molar-refractivity contribution in [2.75, 3.05) is 19.7 Å². The fourth-order valence-electron chi connectivity index (χ4n) is 3.20. The summed E-state index contributed by atoms with van der Waals surface area (Å²) in [6.07, 6.45) is 1.78. The van der Waals surface area contributed by atoms with E-state index in [1.165, 1.54) is 12.1 Å². The number of nitrogens with zero attached hydrogens (tertiary/aromatic N) is 1. The lowest BCUT2D eigenvalue weighted by Crippen LogP contribution is -2.52. The monoisotopic (exact) mass is 280 g/mol. The highest BCUT2D eigenvalue weighted by Crippen LogP contribution is 2.34. The van der Waals surface area contributed by atoms with Gasteiger partial charge in [0.25, 0.3) is 0 Å². The van der Waals surface area contributed by atoms with E-state index in [2.05, 4.69) is 0 Å². The Morgan fingerprint density at radius 3 is 2.90 bits per heavy atom. The van der Waals surface area contributed by atoms with Crippen molar-refractivity contribution in [1.29, 1.82) is 0 Å². The van der Waals surface area contributed by atoms with Crippen molar-refractivity contribution in [3.05, 3.63) is 35.1 Å².